The fourth-order valence-corrected chi connectivity index (χ4v) is 1.11. The topological polar surface area (TPSA) is 110 Å². The Kier molecular flexibility index (Phi) is 15.5. The van der Waals surface area contributed by atoms with E-state index in [1.165, 1.54) is 6.92 Å². The number of rotatable bonds is 7. The minimum absolute atomic E-state index is 0.0473. The molecular weight excluding hydrogens is 364 g/mol. The smallest absolute Gasteiger partial charge is 0.333 e. The highest BCUT2D eigenvalue weighted by Gasteiger charge is 2.02. The second-order valence-corrected chi connectivity index (χ2v) is 5.57. The predicted octanol–water partition coefficient (Wildman–Crippen LogP) is 3.05. The summed E-state index contributed by atoms with van der Waals surface area (Å²) in [4.78, 5) is 31.1. The molecule has 7 heteroatoms. The maximum atomic E-state index is 11.0. The predicted molar refractivity (Wildman–Crippen MR) is 106 cm³/mol. The molecule has 0 aromatic heterocycles. The number of ether oxygens (including phenoxy) is 2. The Bertz CT molecular complexity index is 663. The van der Waals surface area contributed by atoms with Gasteiger partial charge in [0.2, 0.25) is 0 Å². The van der Waals surface area contributed by atoms with E-state index in [0.29, 0.717) is 17.8 Å². The Morgan fingerprint density at radius 2 is 1.29 bits per heavy atom. The van der Waals surface area contributed by atoms with Crippen LogP contribution in [-0.2, 0) is 30.5 Å². The average Bonchev–Trinajstić information content (AvgIpc) is 2.65. The van der Waals surface area contributed by atoms with Crippen molar-refractivity contribution in [2.75, 3.05) is 13.2 Å². The van der Waals surface area contributed by atoms with Gasteiger partial charge in [-0.1, -0.05) is 50.1 Å². The second kappa shape index (κ2) is 16.0. The van der Waals surface area contributed by atoms with E-state index in [0.717, 1.165) is 5.56 Å². The molecule has 0 unspecified atom stereocenters. The van der Waals surface area contributed by atoms with Gasteiger partial charge in [-0.15, -0.1) is 0 Å². The number of hydrogen-bond acceptors (Lipinski definition) is 6. The highest BCUT2D eigenvalue weighted by Crippen LogP contribution is 2.02. The number of aliphatic carboxylic acids is 1. The monoisotopic (exact) mass is 392 g/mol. The summed E-state index contributed by atoms with van der Waals surface area (Å²) in [5.41, 5.74) is 1.94. The van der Waals surface area contributed by atoms with Crippen molar-refractivity contribution in [1.82, 2.24) is 0 Å². The number of carbonyl (C=O) groups is 3. The zero-order valence-electron chi connectivity index (χ0n) is 16.6. The first-order chi connectivity index (χ1) is 13.0. The van der Waals surface area contributed by atoms with Gasteiger partial charge < -0.3 is 19.7 Å². The van der Waals surface area contributed by atoms with Crippen molar-refractivity contribution in [3.05, 3.63) is 72.4 Å². The fraction of sp³-hybridized carbons (Fsp3) is 0.286. The third-order valence-electron chi connectivity index (χ3n) is 2.60. The summed E-state index contributed by atoms with van der Waals surface area (Å²) in [6.45, 7) is 14.9. The molecular formula is C21H28O7. The molecule has 1 aromatic carbocycles. The molecule has 0 aliphatic heterocycles. The molecule has 0 saturated carbocycles. The highest BCUT2D eigenvalue weighted by atomic mass is 16.5. The van der Waals surface area contributed by atoms with Gasteiger partial charge in [0.15, 0.2) is 0 Å². The minimum atomic E-state index is -0.935. The van der Waals surface area contributed by atoms with Crippen molar-refractivity contribution in [2.24, 2.45) is 0 Å². The minimum Gasteiger partial charge on any atom is -0.478 e. The molecule has 0 bridgehead atoms. The Morgan fingerprint density at radius 1 is 0.857 bits per heavy atom. The van der Waals surface area contributed by atoms with Crippen LogP contribution in [0.25, 0.3) is 0 Å². The van der Waals surface area contributed by atoms with Crippen LogP contribution in [0.2, 0.25) is 0 Å². The number of esters is 2. The molecule has 0 atom stereocenters. The SMILES string of the molecule is C=C(C)C(=O)O.C=C(C)C(=O)OCCO.C=C(C)C(=O)OCc1ccccc1. The van der Waals surface area contributed by atoms with Crippen LogP contribution < -0.4 is 0 Å². The molecule has 154 valence electrons. The van der Waals surface area contributed by atoms with E-state index < -0.39 is 11.9 Å². The van der Waals surface area contributed by atoms with E-state index in [2.05, 4.69) is 24.5 Å². The van der Waals surface area contributed by atoms with E-state index in [4.69, 9.17) is 14.9 Å². The third kappa shape index (κ3) is 16.3. The van der Waals surface area contributed by atoms with Crippen LogP contribution in [0.3, 0.4) is 0 Å². The van der Waals surface area contributed by atoms with Gasteiger partial charge in [-0.2, -0.15) is 0 Å². The fourth-order valence-electron chi connectivity index (χ4n) is 1.11. The third-order valence-corrected chi connectivity index (χ3v) is 2.60. The molecule has 0 spiro atoms. The van der Waals surface area contributed by atoms with Crippen LogP contribution in [0.1, 0.15) is 26.3 Å². The summed E-state index contributed by atoms with van der Waals surface area (Å²) in [6.07, 6.45) is 0. The van der Waals surface area contributed by atoms with E-state index in [9.17, 15) is 14.4 Å². The van der Waals surface area contributed by atoms with E-state index in [1.54, 1.807) is 13.8 Å². The molecule has 0 saturated heterocycles. The largest absolute Gasteiger partial charge is 0.478 e. The normalized spacial score (nSPS) is 8.71. The van der Waals surface area contributed by atoms with Gasteiger partial charge in [0.05, 0.1) is 6.61 Å². The van der Waals surface area contributed by atoms with Gasteiger partial charge in [0.1, 0.15) is 13.2 Å². The summed E-state index contributed by atoms with van der Waals surface area (Å²) in [6, 6.07) is 9.55. The molecule has 0 radical (unpaired) electrons. The average molecular weight is 392 g/mol. The molecule has 7 nitrogen and oxygen atoms in total. The number of carboxylic acids is 1. The number of benzene rings is 1. The van der Waals surface area contributed by atoms with Crippen molar-refractivity contribution in [3.8, 4) is 0 Å². The van der Waals surface area contributed by atoms with E-state index in [1.807, 2.05) is 30.3 Å². The number of aliphatic hydroxyl groups excluding tert-OH is 1. The van der Waals surface area contributed by atoms with Crippen molar-refractivity contribution >= 4 is 17.9 Å². The standard InChI is InChI=1S/C11H12O2.C6H10O3.C4H6O2/c1-9(2)11(12)13-8-10-6-4-3-5-7-10;1-5(2)6(8)9-4-3-7;1-3(2)4(5)6/h3-7H,1,8H2,2H3;7H,1,3-4H2,2H3;1H2,2H3,(H,5,6). The van der Waals surface area contributed by atoms with Crippen LogP contribution in [0.4, 0.5) is 0 Å². The number of carbonyl (C=O) groups excluding carboxylic acids is 2. The first kappa shape index (κ1) is 27.0. The lowest BCUT2D eigenvalue weighted by Gasteiger charge is -2.03. The van der Waals surface area contributed by atoms with Crippen LogP contribution in [0, 0.1) is 0 Å². The Hall–Kier alpha value is -3.19. The van der Waals surface area contributed by atoms with Gasteiger partial charge in [-0.05, 0) is 26.3 Å². The number of aliphatic hydroxyl groups is 1. The van der Waals surface area contributed by atoms with Crippen LogP contribution in [-0.4, -0.2) is 41.3 Å². The highest BCUT2D eigenvalue weighted by molar-refractivity contribution is 5.87. The van der Waals surface area contributed by atoms with Crippen LogP contribution >= 0.6 is 0 Å². The Morgan fingerprint density at radius 3 is 1.64 bits per heavy atom. The summed E-state index contributed by atoms with van der Waals surface area (Å²) in [7, 11) is 0. The Labute approximate surface area is 165 Å². The summed E-state index contributed by atoms with van der Waals surface area (Å²) in [5.74, 6) is -1.73. The van der Waals surface area contributed by atoms with Gasteiger partial charge in [-0.3, -0.25) is 0 Å². The lowest BCUT2D eigenvalue weighted by Crippen LogP contribution is -2.08. The number of carboxylic acid groups (broad SMARTS) is 1. The first-order valence-corrected chi connectivity index (χ1v) is 8.21. The molecule has 1 aromatic rings. The van der Waals surface area contributed by atoms with E-state index in [-0.39, 0.29) is 24.8 Å². The summed E-state index contributed by atoms with van der Waals surface area (Å²) in [5, 5.41) is 16.1. The van der Waals surface area contributed by atoms with Gasteiger partial charge >= 0.3 is 17.9 Å². The maximum Gasteiger partial charge on any atom is 0.333 e. The van der Waals surface area contributed by atoms with Crippen LogP contribution in [0.15, 0.2) is 66.8 Å². The number of hydrogen-bond donors (Lipinski definition) is 2. The second-order valence-electron chi connectivity index (χ2n) is 5.57. The van der Waals surface area contributed by atoms with Crippen molar-refractivity contribution < 1.29 is 34.1 Å². The first-order valence-electron chi connectivity index (χ1n) is 8.21. The zero-order chi connectivity index (χ0) is 22.1. The molecule has 0 amide bonds. The summed E-state index contributed by atoms with van der Waals surface area (Å²) < 4.78 is 9.42. The lowest BCUT2D eigenvalue weighted by atomic mass is 10.2. The molecule has 0 aliphatic rings. The molecule has 0 heterocycles. The van der Waals surface area contributed by atoms with Crippen LogP contribution in [0.5, 0.6) is 0 Å². The van der Waals surface area contributed by atoms with Gasteiger partial charge in [-0.25, -0.2) is 14.4 Å². The molecule has 0 aliphatic carbocycles. The molecule has 0 fully saturated rings. The maximum absolute atomic E-state index is 11.0. The Balaban J connectivity index is 0. The van der Waals surface area contributed by atoms with E-state index >= 15 is 0 Å². The van der Waals surface area contributed by atoms with Crippen molar-refractivity contribution in [2.45, 2.75) is 27.4 Å². The zero-order valence-corrected chi connectivity index (χ0v) is 16.6. The molecule has 28 heavy (non-hydrogen) atoms. The summed E-state index contributed by atoms with van der Waals surface area (Å²) >= 11 is 0. The van der Waals surface area contributed by atoms with Gasteiger partial charge in [0, 0.05) is 16.7 Å². The lowest BCUT2D eigenvalue weighted by molar-refractivity contribution is -0.140. The molecule has 1 rings (SSSR count). The van der Waals surface area contributed by atoms with Crippen molar-refractivity contribution in [1.29, 1.82) is 0 Å². The molecule has 2 N–H and O–H groups in total. The van der Waals surface area contributed by atoms with Gasteiger partial charge in [0.25, 0.3) is 0 Å². The van der Waals surface area contributed by atoms with Crippen molar-refractivity contribution in [3.63, 3.8) is 0 Å². The quantitative estimate of drug-likeness (QED) is 0.542.